The zero-order valence-electron chi connectivity index (χ0n) is 13.8. The van der Waals surface area contributed by atoms with Crippen LogP contribution >= 0.6 is 0 Å². The van der Waals surface area contributed by atoms with Gasteiger partial charge < -0.3 is 0 Å². The molecule has 0 unspecified atom stereocenters. The molecule has 24 heavy (non-hydrogen) atoms. The molecule has 124 valence electrons. The highest BCUT2D eigenvalue weighted by atomic mass is 19.3. The lowest BCUT2D eigenvalue weighted by Gasteiger charge is -2.08. The van der Waals surface area contributed by atoms with Gasteiger partial charge in [-0.15, -0.1) is 0 Å². The average molecular weight is 327 g/mol. The van der Waals surface area contributed by atoms with Crippen LogP contribution in [0.5, 0.6) is 0 Å². The van der Waals surface area contributed by atoms with Gasteiger partial charge in [0, 0.05) is 24.1 Å². The molecule has 0 aliphatic heterocycles. The summed E-state index contributed by atoms with van der Waals surface area (Å²) in [6, 6.07) is 9.45. The van der Waals surface area contributed by atoms with Crippen LogP contribution in [0.15, 0.2) is 30.3 Å². The van der Waals surface area contributed by atoms with Crippen LogP contribution in [0.3, 0.4) is 0 Å². The molecule has 0 N–H and O–H groups in total. The van der Waals surface area contributed by atoms with Gasteiger partial charge in [-0.25, -0.2) is 13.8 Å². The molecule has 0 amide bonds. The number of rotatable bonds is 4. The molecule has 3 nitrogen and oxygen atoms in total. The molecule has 2 heterocycles. The number of alkyl halides is 2. The van der Waals surface area contributed by atoms with Crippen LogP contribution < -0.4 is 0 Å². The second-order valence-corrected chi connectivity index (χ2v) is 6.43. The number of nitrogens with zero attached hydrogens (tertiary/aromatic N) is 3. The van der Waals surface area contributed by atoms with E-state index < -0.39 is 6.43 Å². The molecule has 5 heteroatoms. The zero-order valence-corrected chi connectivity index (χ0v) is 13.8. The summed E-state index contributed by atoms with van der Waals surface area (Å²) in [5.41, 5.74) is 4.01. The Labute approximate surface area is 139 Å². The van der Waals surface area contributed by atoms with Crippen LogP contribution in [-0.2, 0) is 13.5 Å². The van der Waals surface area contributed by atoms with Crippen molar-refractivity contribution in [2.75, 3.05) is 0 Å². The molecule has 0 saturated heterocycles. The van der Waals surface area contributed by atoms with Gasteiger partial charge >= 0.3 is 0 Å². The van der Waals surface area contributed by atoms with Crippen LogP contribution in [0.25, 0.3) is 22.3 Å². The Balaban J connectivity index is 1.92. The van der Waals surface area contributed by atoms with Gasteiger partial charge in [0.15, 0.2) is 5.65 Å². The van der Waals surface area contributed by atoms with Crippen LogP contribution in [0, 0.1) is 0 Å². The summed E-state index contributed by atoms with van der Waals surface area (Å²) < 4.78 is 29.1. The van der Waals surface area contributed by atoms with Crippen LogP contribution in [0.4, 0.5) is 8.78 Å². The van der Waals surface area contributed by atoms with Gasteiger partial charge in [0.2, 0.25) is 0 Å². The molecule has 0 spiro atoms. The summed E-state index contributed by atoms with van der Waals surface area (Å²) in [4.78, 5) is 4.64. The Morgan fingerprint density at radius 3 is 2.50 bits per heavy atom. The summed E-state index contributed by atoms with van der Waals surface area (Å²) >= 11 is 0. The highest BCUT2D eigenvalue weighted by Gasteiger charge is 2.32. The monoisotopic (exact) mass is 327 g/mol. The molecule has 1 aliphatic carbocycles. The van der Waals surface area contributed by atoms with E-state index >= 15 is 0 Å². The first-order valence-corrected chi connectivity index (χ1v) is 8.33. The van der Waals surface area contributed by atoms with E-state index in [1.807, 2.05) is 24.3 Å². The van der Waals surface area contributed by atoms with E-state index in [0.717, 1.165) is 30.5 Å². The van der Waals surface area contributed by atoms with E-state index in [1.54, 1.807) is 11.7 Å². The summed E-state index contributed by atoms with van der Waals surface area (Å²) in [5.74, 6) is 0.308. The maximum Gasteiger partial charge on any atom is 0.264 e. The van der Waals surface area contributed by atoms with Gasteiger partial charge in [0.25, 0.3) is 6.43 Å². The van der Waals surface area contributed by atoms with Crippen LogP contribution in [0.1, 0.15) is 48.9 Å². The molecule has 1 fully saturated rings. The van der Waals surface area contributed by atoms with Crippen molar-refractivity contribution in [3.63, 3.8) is 0 Å². The Hall–Kier alpha value is -2.30. The minimum atomic E-state index is -2.54. The lowest BCUT2D eigenvalue weighted by Crippen LogP contribution is -1.96. The van der Waals surface area contributed by atoms with Crippen molar-refractivity contribution in [1.29, 1.82) is 0 Å². The van der Waals surface area contributed by atoms with E-state index in [1.165, 1.54) is 11.6 Å². The molecule has 1 aliphatic rings. The third kappa shape index (κ3) is 2.48. The van der Waals surface area contributed by atoms with E-state index in [4.69, 9.17) is 0 Å². The van der Waals surface area contributed by atoms with Crippen molar-refractivity contribution in [2.24, 2.45) is 7.05 Å². The molecule has 0 bridgehead atoms. The van der Waals surface area contributed by atoms with Crippen LogP contribution in [-0.4, -0.2) is 14.8 Å². The van der Waals surface area contributed by atoms with Crippen molar-refractivity contribution in [3.05, 3.63) is 47.2 Å². The molecule has 2 aromatic heterocycles. The van der Waals surface area contributed by atoms with Gasteiger partial charge in [-0.05, 0) is 30.9 Å². The number of benzene rings is 1. The molecular formula is C19H19F2N3. The summed E-state index contributed by atoms with van der Waals surface area (Å²) in [6.45, 7) is 2.09. The molecule has 4 rings (SSSR count). The third-order valence-electron chi connectivity index (χ3n) is 4.71. The van der Waals surface area contributed by atoms with E-state index in [0.29, 0.717) is 22.6 Å². The fourth-order valence-corrected chi connectivity index (χ4v) is 3.18. The maximum absolute atomic E-state index is 13.7. The first kappa shape index (κ1) is 15.2. The normalized spacial score (nSPS) is 14.7. The third-order valence-corrected chi connectivity index (χ3v) is 4.71. The van der Waals surface area contributed by atoms with Gasteiger partial charge in [0.1, 0.15) is 0 Å². The van der Waals surface area contributed by atoms with Crippen molar-refractivity contribution in [2.45, 2.75) is 38.5 Å². The predicted molar refractivity (Wildman–Crippen MR) is 90.3 cm³/mol. The summed E-state index contributed by atoms with van der Waals surface area (Å²) in [5, 5.41) is 5.02. The lowest BCUT2D eigenvalue weighted by atomic mass is 10.0. The number of fused-ring (bicyclic) bond motifs is 1. The molecule has 0 radical (unpaired) electrons. The Morgan fingerprint density at radius 1 is 1.21 bits per heavy atom. The number of aryl methyl sites for hydroxylation is 2. The summed E-state index contributed by atoms with van der Waals surface area (Å²) in [7, 11) is 1.78. The number of halogens is 2. The number of hydrogen-bond donors (Lipinski definition) is 0. The van der Waals surface area contributed by atoms with Crippen molar-refractivity contribution >= 4 is 11.0 Å². The second kappa shape index (κ2) is 5.65. The first-order chi connectivity index (χ1) is 11.6. The predicted octanol–water partition coefficient (Wildman–Crippen LogP) is 5.01. The number of aromatic nitrogens is 3. The molecule has 1 saturated carbocycles. The fraction of sp³-hybridized carbons (Fsp3) is 0.368. The summed E-state index contributed by atoms with van der Waals surface area (Å²) in [6.07, 6.45) is 0.455. The van der Waals surface area contributed by atoms with Crippen molar-refractivity contribution < 1.29 is 8.78 Å². The van der Waals surface area contributed by atoms with Gasteiger partial charge in [-0.1, -0.05) is 31.2 Å². The van der Waals surface area contributed by atoms with E-state index in [-0.39, 0.29) is 5.56 Å². The Kier molecular flexibility index (Phi) is 3.59. The highest BCUT2D eigenvalue weighted by Crippen LogP contribution is 2.44. The minimum absolute atomic E-state index is 0.0459. The SMILES string of the molecule is CCc1ccc(-c2cc(C(F)F)c3c(C4CC4)nn(C)c3n2)cc1. The van der Waals surface area contributed by atoms with Crippen molar-refractivity contribution in [1.82, 2.24) is 14.8 Å². The van der Waals surface area contributed by atoms with Gasteiger partial charge in [0.05, 0.1) is 16.8 Å². The Bertz CT molecular complexity index is 893. The fourth-order valence-electron chi connectivity index (χ4n) is 3.18. The minimum Gasteiger partial charge on any atom is -0.250 e. The van der Waals surface area contributed by atoms with Gasteiger partial charge in [-0.2, -0.15) is 5.10 Å². The zero-order chi connectivity index (χ0) is 16.8. The first-order valence-electron chi connectivity index (χ1n) is 8.33. The maximum atomic E-state index is 13.7. The molecule has 3 aromatic rings. The molecular weight excluding hydrogens is 308 g/mol. The highest BCUT2D eigenvalue weighted by molar-refractivity contribution is 5.86. The topological polar surface area (TPSA) is 30.7 Å². The smallest absolute Gasteiger partial charge is 0.250 e. The van der Waals surface area contributed by atoms with Crippen molar-refractivity contribution in [3.8, 4) is 11.3 Å². The average Bonchev–Trinajstić information content (AvgIpc) is 3.38. The standard InChI is InChI=1S/C19H19F2N3/c1-3-11-4-6-12(7-5-11)15-10-14(18(20)21)16-17(13-8-9-13)23-24(2)19(16)22-15/h4-7,10,13,18H,3,8-9H2,1-2H3. The molecule has 1 aromatic carbocycles. The second-order valence-electron chi connectivity index (χ2n) is 6.43. The number of hydrogen-bond acceptors (Lipinski definition) is 2. The van der Waals surface area contributed by atoms with E-state index in [9.17, 15) is 8.78 Å². The van der Waals surface area contributed by atoms with Gasteiger partial charge in [-0.3, -0.25) is 4.68 Å². The number of pyridine rings is 1. The van der Waals surface area contributed by atoms with Crippen LogP contribution in [0.2, 0.25) is 0 Å². The largest absolute Gasteiger partial charge is 0.264 e. The lowest BCUT2D eigenvalue weighted by molar-refractivity contribution is 0.153. The van der Waals surface area contributed by atoms with E-state index in [2.05, 4.69) is 17.0 Å². The molecule has 0 atom stereocenters. The quantitative estimate of drug-likeness (QED) is 0.674. The Morgan fingerprint density at radius 2 is 1.92 bits per heavy atom.